The van der Waals surface area contributed by atoms with Crippen LogP contribution in [0.2, 0.25) is 0 Å². The Labute approximate surface area is 95.1 Å². The molecule has 4 heteroatoms. The summed E-state index contributed by atoms with van der Waals surface area (Å²) in [5, 5.41) is 6.88. The predicted octanol–water partition coefficient (Wildman–Crippen LogP) is 1.50. The van der Waals surface area contributed by atoms with Crippen molar-refractivity contribution in [2.45, 2.75) is 38.1 Å². The normalized spacial score (nSPS) is 24.0. The number of thiazole rings is 1. The Balaban J connectivity index is 1.99. The van der Waals surface area contributed by atoms with Crippen molar-refractivity contribution in [1.82, 2.24) is 10.3 Å². The molecule has 1 saturated heterocycles. The zero-order chi connectivity index (χ0) is 10.7. The second-order valence-electron chi connectivity index (χ2n) is 4.40. The maximum atomic E-state index is 5.76. The SMILES string of the molecule is CC(N)Cc1csc(C2CCCNC2)n1. The highest BCUT2D eigenvalue weighted by atomic mass is 32.1. The Bertz CT molecular complexity index is 303. The van der Waals surface area contributed by atoms with E-state index in [4.69, 9.17) is 5.73 Å². The quantitative estimate of drug-likeness (QED) is 0.819. The Morgan fingerprint density at radius 1 is 1.73 bits per heavy atom. The van der Waals surface area contributed by atoms with Gasteiger partial charge in [0.1, 0.15) is 0 Å². The molecule has 0 aromatic carbocycles. The maximum absolute atomic E-state index is 5.76. The number of piperidine rings is 1. The van der Waals surface area contributed by atoms with Crippen LogP contribution in [0.25, 0.3) is 0 Å². The summed E-state index contributed by atoms with van der Waals surface area (Å²) < 4.78 is 0. The van der Waals surface area contributed by atoms with Crippen LogP contribution in [0.3, 0.4) is 0 Å². The Morgan fingerprint density at radius 3 is 3.27 bits per heavy atom. The van der Waals surface area contributed by atoms with Gasteiger partial charge >= 0.3 is 0 Å². The van der Waals surface area contributed by atoms with Gasteiger partial charge in [-0.05, 0) is 26.3 Å². The van der Waals surface area contributed by atoms with Gasteiger partial charge in [0.25, 0.3) is 0 Å². The van der Waals surface area contributed by atoms with E-state index >= 15 is 0 Å². The van der Waals surface area contributed by atoms with Crippen LogP contribution in [0.4, 0.5) is 0 Å². The van der Waals surface area contributed by atoms with Gasteiger partial charge in [0.05, 0.1) is 10.7 Å². The van der Waals surface area contributed by atoms with E-state index in [0.29, 0.717) is 5.92 Å². The van der Waals surface area contributed by atoms with Crippen LogP contribution in [0.1, 0.15) is 36.4 Å². The van der Waals surface area contributed by atoms with Crippen molar-refractivity contribution in [3.8, 4) is 0 Å². The first-order valence-corrected chi connectivity index (χ1v) is 6.54. The van der Waals surface area contributed by atoms with Crippen LogP contribution in [0, 0.1) is 0 Å². The van der Waals surface area contributed by atoms with Gasteiger partial charge in [0, 0.05) is 30.3 Å². The van der Waals surface area contributed by atoms with E-state index in [1.54, 1.807) is 11.3 Å². The highest BCUT2D eigenvalue weighted by Crippen LogP contribution is 2.26. The summed E-state index contributed by atoms with van der Waals surface area (Å²) in [6, 6.07) is 0.212. The molecule has 2 rings (SSSR count). The number of nitrogens with one attached hydrogen (secondary N) is 1. The molecule has 0 spiro atoms. The first kappa shape index (κ1) is 11.0. The summed E-state index contributed by atoms with van der Waals surface area (Å²) in [6.45, 7) is 4.28. The van der Waals surface area contributed by atoms with Crippen LogP contribution < -0.4 is 11.1 Å². The van der Waals surface area contributed by atoms with Crippen molar-refractivity contribution in [3.63, 3.8) is 0 Å². The number of aromatic nitrogens is 1. The van der Waals surface area contributed by atoms with Crippen LogP contribution in [-0.4, -0.2) is 24.1 Å². The Kier molecular flexibility index (Phi) is 3.72. The van der Waals surface area contributed by atoms with Gasteiger partial charge < -0.3 is 11.1 Å². The molecule has 2 atom stereocenters. The van der Waals surface area contributed by atoms with E-state index in [1.165, 1.54) is 17.8 Å². The molecule has 1 aliphatic rings. The smallest absolute Gasteiger partial charge is 0.0971 e. The standard InChI is InChI=1S/C11H19N3S/c1-8(12)5-10-7-15-11(14-10)9-3-2-4-13-6-9/h7-9,13H,2-6,12H2,1H3. The molecule has 0 saturated carbocycles. The van der Waals surface area contributed by atoms with Crippen molar-refractivity contribution in [3.05, 3.63) is 16.1 Å². The van der Waals surface area contributed by atoms with Gasteiger partial charge in [-0.3, -0.25) is 0 Å². The molecular formula is C11H19N3S. The molecule has 0 radical (unpaired) electrons. The molecular weight excluding hydrogens is 206 g/mol. The van der Waals surface area contributed by atoms with Crippen molar-refractivity contribution < 1.29 is 0 Å². The number of hydrogen-bond donors (Lipinski definition) is 2. The van der Waals surface area contributed by atoms with Gasteiger partial charge in [-0.2, -0.15) is 0 Å². The summed E-state index contributed by atoms with van der Waals surface area (Å²) >= 11 is 1.79. The van der Waals surface area contributed by atoms with E-state index in [-0.39, 0.29) is 6.04 Å². The van der Waals surface area contributed by atoms with Crippen LogP contribution in [0.15, 0.2) is 5.38 Å². The summed E-state index contributed by atoms with van der Waals surface area (Å²) in [5.74, 6) is 0.630. The zero-order valence-electron chi connectivity index (χ0n) is 9.20. The van der Waals surface area contributed by atoms with Crippen molar-refractivity contribution in [2.24, 2.45) is 5.73 Å². The van der Waals surface area contributed by atoms with Crippen LogP contribution >= 0.6 is 11.3 Å². The lowest BCUT2D eigenvalue weighted by Gasteiger charge is -2.20. The summed E-state index contributed by atoms with van der Waals surface area (Å²) in [7, 11) is 0. The fourth-order valence-electron chi connectivity index (χ4n) is 2.00. The average molecular weight is 225 g/mol. The van der Waals surface area contributed by atoms with Crippen LogP contribution in [-0.2, 0) is 6.42 Å². The monoisotopic (exact) mass is 225 g/mol. The number of nitrogens with two attached hydrogens (primary N) is 1. The van der Waals surface area contributed by atoms with E-state index in [1.807, 2.05) is 6.92 Å². The lowest BCUT2D eigenvalue weighted by atomic mass is 10.0. The summed E-state index contributed by atoms with van der Waals surface area (Å²) in [4.78, 5) is 4.67. The van der Waals surface area contributed by atoms with Gasteiger partial charge in [0.15, 0.2) is 0 Å². The molecule has 1 aromatic rings. The fraction of sp³-hybridized carbons (Fsp3) is 0.727. The topological polar surface area (TPSA) is 50.9 Å². The molecule has 0 aliphatic carbocycles. The van der Waals surface area contributed by atoms with Gasteiger partial charge in [-0.1, -0.05) is 0 Å². The minimum Gasteiger partial charge on any atom is -0.328 e. The Morgan fingerprint density at radius 2 is 2.60 bits per heavy atom. The van der Waals surface area contributed by atoms with E-state index in [9.17, 15) is 0 Å². The third kappa shape index (κ3) is 3.00. The molecule has 1 fully saturated rings. The van der Waals surface area contributed by atoms with Gasteiger partial charge in [-0.25, -0.2) is 4.98 Å². The fourth-order valence-corrected chi connectivity index (χ4v) is 2.97. The molecule has 2 unspecified atom stereocenters. The van der Waals surface area contributed by atoms with E-state index < -0.39 is 0 Å². The highest BCUT2D eigenvalue weighted by Gasteiger charge is 2.18. The molecule has 3 N–H and O–H groups in total. The molecule has 1 aromatic heterocycles. The molecule has 3 nitrogen and oxygen atoms in total. The Hall–Kier alpha value is -0.450. The lowest BCUT2D eigenvalue weighted by molar-refractivity contribution is 0.459. The molecule has 84 valence electrons. The van der Waals surface area contributed by atoms with Gasteiger partial charge in [-0.15, -0.1) is 11.3 Å². The van der Waals surface area contributed by atoms with Crippen molar-refractivity contribution in [2.75, 3.05) is 13.1 Å². The lowest BCUT2D eigenvalue weighted by Crippen LogP contribution is -2.28. The van der Waals surface area contributed by atoms with Crippen molar-refractivity contribution in [1.29, 1.82) is 0 Å². The summed E-state index contributed by atoms with van der Waals surface area (Å²) in [6.07, 6.45) is 3.45. The summed E-state index contributed by atoms with van der Waals surface area (Å²) in [5.41, 5.74) is 6.93. The number of nitrogens with zero attached hydrogens (tertiary/aromatic N) is 1. The van der Waals surface area contributed by atoms with E-state index in [2.05, 4.69) is 15.7 Å². The molecule has 0 bridgehead atoms. The second-order valence-corrected chi connectivity index (χ2v) is 5.29. The molecule has 0 amide bonds. The minimum atomic E-state index is 0.212. The first-order chi connectivity index (χ1) is 7.25. The second kappa shape index (κ2) is 5.05. The predicted molar refractivity (Wildman–Crippen MR) is 64.3 cm³/mol. The number of hydrogen-bond acceptors (Lipinski definition) is 4. The molecule has 15 heavy (non-hydrogen) atoms. The van der Waals surface area contributed by atoms with Crippen molar-refractivity contribution >= 4 is 11.3 Å². The first-order valence-electron chi connectivity index (χ1n) is 5.66. The third-order valence-electron chi connectivity index (χ3n) is 2.75. The minimum absolute atomic E-state index is 0.212. The van der Waals surface area contributed by atoms with Crippen LogP contribution in [0.5, 0.6) is 0 Å². The highest BCUT2D eigenvalue weighted by molar-refractivity contribution is 7.09. The molecule has 2 heterocycles. The molecule has 1 aliphatic heterocycles. The third-order valence-corrected chi connectivity index (χ3v) is 3.80. The largest absolute Gasteiger partial charge is 0.328 e. The van der Waals surface area contributed by atoms with Gasteiger partial charge in [0.2, 0.25) is 0 Å². The van der Waals surface area contributed by atoms with E-state index in [0.717, 1.165) is 25.2 Å². The maximum Gasteiger partial charge on any atom is 0.0971 e. The zero-order valence-corrected chi connectivity index (χ0v) is 10.0. The number of rotatable bonds is 3. The average Bonchev–Trinajstić information content (AvgIpc) is 2.67.